The van der Waals surface area contributed by atoms with E-state index in [1.807, 2.05) is 0 Å². The van der Waals surface area contributed by atoms with Crippen molar-refractivity contribution < 1.29 is 4.79 Å². The van der Waals surface area contributed by atoms with Crippen LogP contribution in [-0.4, -0.2) is 15.9 Å². The predicted molar refractivity (Wildman–Crippen MR) is 81.8 cm³/mol. The maximum absolute atomic E-state index is 12.4. The van der Waals surface area contributed by atoms with E-state index < -0.39 is 5.91 Å². The molecule has 0 aliphatic rings. The molecule has 0 aliphatic carbocycles. The molecule has 2 heterocycles. The summed E-state index contributed by atoms with van der Waals surface area (Å²) in [5.41, 5.74) is 0.754. The van der Waals surface area contributed by atoms with E-state index in [1.54, 1.807) is 42.7 Å². The lowest BCUT2D eigenvalue weighted by molar-refractivity contribution is 0.102. The van der Waals surface area contributed by atoms with Crippen LogP contribution in [0.15, 0.2) is 53.7 Å². The van der Waals surface area contributed by atoms with Crippen molar-refractivity contribution in [3.05, 3.63) is 69.7 Å². The molecule has 5 nitrogen and oxygen atoms in total. The second kappa shape index (κ2) is 5.38. The Kier molecular flexibility index (Phi) is 3.41. The lowest BCUT2D eigenvalue weighted by Crippen LogP contribution is -2.21. The monoisotopic (exact) mass is 299 g/mol. The van der Waals surface area contributed by atoms with Crippen LogP contribution in [0.25, 0.3) is 10.9 Å². The number of aromatic amines is 1. The first-order valence-corrected chi connectivity index (χ1v) is 6.56. The van der Waals surface area contributed by atoms with Gasteiger partial charge in [-0.15, -0.1) is 0 Å². The number of H-pyrrole nitrogens is 1. The molecule has 0 atom stereocenters. The number of rotatable bonds is 2. The summed E-state index contributed by atoms with van der Waals surface area (Å²) in [6, 6.07) is 8.26. The SMILES string of the molecule is O=C(Nc1ccncc1)c1c[nH]c2c(Cl)cccc2c1=O. The van der Waals surface area contributed by atoms with Crippen LogP contribution in [-0.2, 0) is 0 Å². The number of anilines is 1. The highest BCUT2D eigenvalue weighted by molar-refractivity contribution is 6.35. The van der Waals surface area contributed by atoms with Crippen LogP contribution in [0.2, 0.25) is 5.02 Å². The van der Waals surface area contributed by atoms with Crippen LogP contribution in [0.4, 0.5) is 5.69 Å². The zero-order valence-corrected chi connectivity index (χ0v) is 11.5. The van der Waals surface area contributed by atoms with Crippen LogP contribution in [0, 0.1) is 0 Å². The Morgan fingerprint density at radius 3 is 2.71 bits per heavy atom. The fourth-order valence-corrected chi connectivity index (χ4v) is 2.25. The van der Waals surface area contributed by atoms with E-state index in [2.05, 4.69) is 15.3 Å². The Morgan fingerprint density at radius 2 is 1.95 bits per heavy atom. The molecule has 2 N–H and O–H groups in total. The lowest BCUT2D eigenvalue weighted by atomic mass is 10.1. The van der Waals surface area contributed by atoms with Gasteiger partial charge in [0.25, 0.3) is 5.91 Å². The molecule has 21 heavy (non-hydrogen) atoms. The van der Waals surface area contributed by atoms with Crippen molar-refractivity contribution in [2.75, 3.05) is 5.32 Å². The molecule has 0 saturated carbocycles. The van der Waals surface area contributed by atoms with Gasteiger partial charge in [0.15, 0.2) is 0 Å². The molecule has 0 spiro atoms. The van der Waals surface area contributed by atoms with Gasteiger partial charge >= 0.3 is 0 Å². The number of fused-ring (bicyclic) bond motifs is 1. The first-order valence-electron chi connectivity index (χ1n) is 6.18. The molecule has 3 aromatic rings. The van der Waals surface area contributed by atoms with Crippen molar-refractivity contribution in [2.45, 2.75) is 0 Å². The summed E-state index contributed by atoms with van der Waals surface area (Å²) in [6.07, 6.45) is 4.48. The third kappa shape index (κ3) is 2.51. The molecular formula is C15H10ClN3O2. The summed E-state index contributed by atoms with van der Waals surface area (Å²) in [4.78, 5) is 31.3. The van der Waals surface area contributed by atoms with E-state index in [4.69, 9.17) is 11.6 Å². The molecule has 0 bridgehead atoms. The first kappa shape index (κ1) is 13.3. The molecule has 2 aromatic heterocycles. The fourth-order valence-electron chi connectivity index (χ4n) is 2.02. The molecule has 0 fully saturated rings. The van der Waals surface area contributed by atoms with Crippen LogP contribution in [0.5, 0.6) is 0 Å². The fraction of sp³-hybridized carbons (Fsp3) is 0. The van der Waals surface area contributed by atoms with Crippen LogP contribution >= 0.6 is 11.6 Å². The number of hydrogen-bond donors (Lipinski definition) is 2. The number of carbonyl (C=O) groups excluding carboxylic acids is 1. The average molecular weight is 300 g/mol. The minimum Gasteiger partial charge on any atom is -0.359 e. The number of hydrogen-bond acceptors (Lipinski definition) is 3. The second-order valence-electron chi connectivity index (χ2n) is 4.38. The molecule has 1 aromatic carbocycles. The van der Waals surface area contributed by atoms with Crippen molar-refractivity contribution in [2.24, 2.45) is 0 Å². The third-order valence-electron chi connectivity index (χ3n) is 3.05. The average Bonchev–Trinajstić information content (AvgIpc) is 2.49. The highest BCUT2D eigenvalue weighted by atomic mass is 35.5. The summed E-state index contributed by atoms with van der Waals surface area (Å²) in [5.74, 6) is -0.482. The van der Waals surface area contributed by atoms with E-state index in [1.165, 1.54) is 6.20 Å². The highest BCUT2D eigenvalue weighted by Crippen LogP contribution is 2.18. The smallest absolute Gasteiger partial charge is 0.261 e. The molecule has 104 valence electrons. The van der Waals surface area contributed by atoms with Gasteiger partial charge in [-0.25, -0.2) is 0 Å². The van der Waals surface area contributed by atoms with Gasteiger partial charge < -0.3 is 10.3 Å². The lowest BCUT2D eigenvalue weighted by Gasteiger charge is -2.06. The minimum atomic E-state index is -0.482. The van der Waals surface area contributed by atoms with Gasteiger partial charge in [-0.3, -0.25) is 14.6 Å². The number of halogens is 1. The van der Waals surface area contributed by atoms with E-state index in [0.29, 0.717) is 21.6 Å². The van der Waals surface area contributed by atoms with Gasteiger partial charge in [0.2, 0.25) is 5.43 Å². The number of nitrogens with zero attached hydrogens (tertiary/aromatic N) is 1. The third-order valence-corrected chi connectivity index (χ3v) is 3.36. The Bertz CT molecular complexity index is 875. The molecule has 1 amide bonds. The highest BCUT2D eigenvalue weighted by Gasteiger charge is 2.14. The zero-order valence-electron chi connectivity index (χ0n) is 10.8. The van der Waals surface area contributed by atoms with Crippen LogP contribution in [0.1, 0.15) is 10.4 Å². The quantitative estimate of drug-likeness (QED) is 0.764. The largest absolute Gasteiger partial charge is 0.359 e. The van der Waals surface area contributed by atoms with Gasteiger partial charge in [-0.05, 0) is 24.3 Å². The number of pyridine rings is 2. The van der Waals surface area contributed by atoms with Crippen LogP contribution < -0.4 is 10.7 Å². The second-order valence-corrected chi connectivity index (χ2v) is 4.79. The van der Waals surface area contributed by atoms with Crippen molar-refractivity contribution in [1.29, 1.82) is 0 Å². The maximum Gasteiger partial charge on any atom is 0.261 e. The van der Waals surface area contributed by atoms with Crippen molar-refractivity contribution in [3.63, 3.8) is 0 Å². The summed E-state index contributed by atoms with van der Waals surface area (Å²) in [7, 11) is 0. The predicted octanol–water partition coefficient (Wildman–Crippen LogP) is 2.83. The molecule has 0 radical (unpaired) electrons. The molecule has 6 heteroatoms. The van der Waals surface area contributed by atoms with Gasteiger partial charge in [-0.2, -0.15) is 0 Å². The molecular weight excluding hydrogens is 290 g/mol. The van der Waals surface area contributed by atoms with E-state index in [-0.39, 0.29) is 11.0 Å². The Balaban J connectivity index is 2.03. The van der Waals surface area contributed by atoms with Crippen molar-refractivity contribution in [1.82, 2.24) is 9.97 Å². The van der Waals surface area contributed by atoms with E-state index >= 15 is 0 Å². The van der Waals surface area contributed by atoms with Crippen molar-refractivity contribution >= 4 is 34.1 Å². The Morgan fingerprint density at radius 1 is 1.19 bits per heavy atom. The number of carbonyl (C=O) groups is 1. The number of benzene rings is 1. The number of amides is 1. The standard InChI is InChI=1S/C15H10ClN3O2/c16-12-3-1-2-10-13(12)18-8-11(14(10)20)15(21)19-9-4-6-17-7-5-9/h1-8H,(H,18,20)(H,17,19,21). The number of aromatic nitrogens is 2. The first-order chi connectivity index (χ1) is 10.2. The summed E-state index contributed by atoms with van der Waals surface area (Å²) < 4.78 is 0. The van der Waals surface area contributed by atoms with Gasteiger partial charge in [0, 0.05) is 29.7 Å². The maximum atomic E-state index is 12.4. The zero-order chi connectivity index (χ0) is 14.8. The Hall–Kier alpha value is -2.66. The Labute approximate surface area is 124 Å². The normalized spacial score (nSPS) is 10.5. The van der Waals surface area contributed by atoms with Crippen LogP contribution in [0.3, 0.4) is 0 Å². The summed E-state index contributed by atoms with van der Waals surface area (Å²) >= 11 is 6.01. The summed E-state index contributed by atoms with van der Waals surface area (Å²) in [6.45, 7) is 0. The summed E-state index contributed by atoms with van der Waals surface area (Å²) in [5, 5.41) is 3.46. The van der Waals surface area contributed by atoms with Gasteiger partial charge in [0.1, 0.15) is 5.56 Å². The molecule has 0 unspecified atom stereocenters. The topological polar surface area (TPSA) is 74.8 Å². The number of para-hydroxylation sites is 1. The van der Waals surface area contributed by atoms with Crippen molar-refractivity contribution in [3.8, 4) is 0 Å². The minimum absolute atomic E-state index is 0.0292. The van der Waals surface area contributed by atoms with Gasteiger partial charge in [0.05, 0.1) is 10.5 Å². The van der Waals surface area contributed by atoms with E-state index in [9.17, 15) is 9.59 Å². The molecule has 3 rings (SSSR count). The number of nitrogens with one attached hydrogen (secondary N) is 2. The van der Waals surface area contributed by atoms with Gasteiger partial charge in [-0.1, -0.05) is 17.7 Å². The van der Waals surface area contributed by atoms with E-state index in [0.717, 1.165) is 0 Å². The molecule has 0 aliphatic heterocycles. The molecule has 0 saturated heterocycles.